The molecule has 178 valence electrons. The molecule has 0 aliphatic carbocycles. The standard InChI is InChI=1S/C21H17F8N3O/c22-13-2-4-16(15(24)10-13)32-17(11-19(30-32)20(25,26)21(27,28)29)12-1-3-14(23)18(9-12)31-5-7-33-8-6-31/h1-4,9-10,17H,5-8,11H2. The van der Waals surface area contributed by atoms with Crippen LogP contribution < -0.4 is 9.91 Å². The summed E-state index contributed by atoms with van der Waals surface area (Å²) in [5.74, 6) is -8.06. The van der Waals surface area contributed by atoms with Crippen LogP contribution in [0.3, 0.4) is 0 Å². The summed E-state index contributed by atoms with van der Waals surface area (Å²) < 4.78 is 115. The summed E-state index contributed by atoms with van der Waals surface area (Å²) in [5.41, 5.74) is -1.78. The average Bonchev–Trinajstić information content (AvgIpc) is 3.20. The predicted octanol–water partition coefficient (Wildman–Crippen LogP) is 5.45. The van der Waals surface area contributed by atoms with Gasteiger partial charge in [0.05, 0.1) is 30.6 Å². The van der Waals surface area contributed by atoms with Crippen LogP contribution in [0.1, 0.15) is 18.0 Å². The molecule has 2 aliphatic heterocycles. The number of hydrogen-bond acceptors (Lipinski definition) is 4. The molecule has 1 atom stereocenters. The first-order chi connectivity index (χ1) is 15.5. The third-order valence-electron chi connectivity index (χ3n) is 5.49. The number of ether oxygens (including phenoxy) is 1. The Balaban J connectivity index is 1.78. The Labute approximate surface area is 183 Å². The van der Waals surface area contributed by atoms with Gasteiger partial charge in [0.1, 0.15) is 17.3 Å². The number of hydrogen-bond donors (Lipinski definition) is 0. The number of nitrogens with zero attached hydrogens (tertiary/aromatic N) is 3. The number of halogens is 8. The zero-order valence-electron chi connectivity index (χ0n) is 16.9. The minimum atomic E-state index is -5.92. The second kappa shape index (κ2) is 8.47. The van der Waals surface area contributed by atoms with Crippen molar-refractivity contribution < 1.29 is 39.9 Å². The molecule has 0 saturated carbocycles. The lowest BCUT2D eigenvalue weighted by molar-refractivity contribution is -0.249. The van der Waals surface area contributed by atoms with Gasteiger partial charge in [-0.05, 0) is 29.8 Å². The fraction of sp³-hybridized carbons (Fsp3) is 0.381. The lowest BCUT2D eigenvalue weighted by Gasteiger charge is -2.30. The van der Waals surface area contributed by atoms with E-state index in [0.717, 1.165) is 18.2 Å². The topological polar surface area (TPSA) is 28.1 Å². The average molecular weight is 479 g/mol. The molecule has 2 aromatic rings. The van der Waals surface area contributed by atoms with E-state index < -0.39 is 53.4 Å². The summed E-state index contributed by atoms with van der Waals surface area (Å²) in [5, 5.41) is 4.05. The van der Waals surface area contributed by atoms with E-state index in [1.165, 1.54) is 12.1 Å². The summed E-state index contributed by atoms with van der Waals surface area (Å²) in [7, 11) is 0. The van der Waals surface area contributed by atoms with Crippen LogP contribution in [-0.4, -0.2) is 44.1 Å². The van der Waals surface area contributed by atoms with E-state index >= 15 is 0 Å². The number of anilines is 2. The number of benzene rings is 2. The Morgan fingerprint density at radius 2 is 1.55 bits per heavy atom. The van der Waals surface area contributed by atoms with Crippen LogP contribution in [0.5, 0.6) is 0 Å². The van der Waals surface area contributed by atoms with Gasteiger partial charge in [-0.3, -0.25) is 5.01 Å². The van der Waals surface area contributed by atoms with Crippen LogP contribution in [0.25, 0.3) is 0 Å². The van der Waals surface area contributed by atoms with E-state index in [9.17, 15) is 35.1 Å². The van der Waals surface area contributed by atoms with Gasteiger partial charge in [0, 0.05) is 25.6 Å². The summed E-state index contributed by atoms with van der Waals surface area (Å²) >= 11 is 0. The van der Waals surface area contributed by atoms with Crippen LogP contribution in [0.15, 0.2) is 41.5 Å². The predicted molar refractivity (Wildman–Crippen MR) is 104 cm³/mol. The van der Waals surface area contributed by atoms with Crippen molar-refractivity contribution in [1.29, 1.82) is 0 Å². The molecule has 12 heteroatoms. The second-order valence-electron chi connectivity index (χ2n) is 7.59. The Bertz CT molecular complexity index is 1070. The molecule has 0 amide bonds. The minimum Gasteiger partial charge on any atom is -0.378 e. The summed E-state index contributed by atoms with van der Waals surface area (Å²) in [6.45, 7) is 1.33. The van der Waals surface area contributed by atoms with E-state index in [1.807, 2.05) is 0 Å². The van der Waals surface area contributed by atoms with Crippen LogP contribution in [0, 0.1) is 17.5 Å². The first kappa shape index (κ1) is 23.3. The molecule has 2 heterocycles. The SMILES string of the molecule is Fc1ccc(N2N=C(C(F)(F)C(F)(F)F)CC2c2ccc(F)c(N3CCOCC3)c2)c(F)c1. The molecule has 0 radical (unpaired) electrons. The van der Waals surface area contributed by atoms with E-state index in [-0.39, 0.29) is 11.3 Å². The zero-order valence-corrected chi connectivity index (χ0v) is 16.9. The van der Waals surface area contributed by atoms with Crippen LogP contribution in [-0.2, 0) is 4.74 Å². The monoisotopic (exact) mass is 479 g/mol. The van der Waals surface area contributed by atoms with Gasteiger partial charge in [-0.15, -0.1) is 0 Å². The van der Waals surface area contributed by atoms with Crippen molar-refractivity contribution >= 4 is 17.1 Å². The normalized spacial score (nSPS) is 19.8. The molecule has 0 bridgehead atoms. The Morgan fingerprint density at radius 1 is 0.848 bits per heavy atom. The lowest BCUT2D eigenvalue weighted by Crippen LogP contribution is -2.43. The van der Waals surface area contributed by atoms with Gasteiger partial charge >= 0.3 is 12.1 Å². The largest absolute Gasteiger partial charge is 0.459 e. The van der Waals surface area contributed by atoms with Crippen molar-refractivity contribution in [3.05, 3.63) is 59.4 Å². The van der Waals surface area contributed by atoms with Crippen LogP contribution in [0.4, 0.5) is 46.5 Å². The number of alkyl halides is 5. The summed E-state index contributed by atoms with van der Waals surface area (Å²) in [4.78, 5) is 1.65. The van der Waals surface area contributed by atoms with Gasteiger partial charge < -0.3 is 9.64 Å². The molecule has 4 rings (SSSR count). The fourth-order valence-corrected chi connectivity index (χ4v) is 3.80. The van der Waals surface area contributed by atoms with Crippen molar-refractivity contribution in [2.75, 3.05) is 36.2 Å². The minimum absolute atomic E-state index is 0.103. The Hall–Kier alpha value is -2.89. The highest BCUT2D eigenvalue weighted by Crippen LogP contribution is 2.45. The van der Waals surface area contributed by atoms with Crippen molar-refractivity contribution in [3.8, 4) is 0 Å². The van der Waals surface area contributed by atoms with Gasteiger partial charge in [-0.25, -0.2) is 13.2 Å². The van der Waals surface area contributed by atoms with Crippen molar-refractivity contribution in [1.82, 2.24) is 0 Å². The third kappa shape index (κ3) is 4.35. The Morgan fingerprint density at radius 3 is 2.18 bits per heavy atom. The maximum Gasteiger partial charge on any atom is 0.459 e. The molecule has 2 aromatic carbocycles. The van der Waals surface area contributed by atoms with Gasteiger partial charge in [0.2, 0.25) is 0 Å². The lowest BCUT2D eigenvalue weighted by atomic mass is 9.97. The molecular weight excluding hydrogens is 462 g/mol. The molecule has 0 spiro atoms. The van der Waals surface area contributed by atoms with E-state index in [1.54, 1.807) is 4.90 Å². The maximum atomic E-state index is 14.5. The molecular formula is C21H17F8N3O. The molecule has 1 saturated heterocycles. The third-order valence-corrected chi connectivity index (χ3v) is 5.49. The Kier molecular flexibility index (Phi) is 5.97. The summed E-state index contributed by atoms with van der Waals surface area (Å²) in [6.07, 6.45) is -6.83. The maximum absolute atomic E-state index is 14.5. The van der Waals surface area contributed by atoms with Gasteiger partial charge in [0.25, 0.3) is 0 Å². The molecule has 4 nitrogen and oxygen atoms in total. The van der Waals surface area contributed by atoms with Crippen molar-refractivity contribution in [3.63, 3.8) is 0 Å². The second-order valence-corrected chi connectivity index (χ2v) is 7.59. The first-order valence-corrected chi connectivity index (χ1v) is 9.88. The van der Waals surface area contributed by atoms with Gasteiger partial charge in [-0.2, -0.15) is 27.1 Å². The fourth-order valence-electron chi connectivity index (χ4n) is 3.80. The molecule has 0 N–H and O–H groups in total. The molecule has 0 aromatic heterocycles. The van der Waals surface area contributed by atoms with Crippen molar-refractivity contribution in [2.45, 2.75) is 24.6 Å². The highest BCUT2D eigenvalue weighted by atomic mass is 19.4. The quantitative estimate of drug-likeness (QED) is 0.547. The van der Waals surface area contributed by atoms with E-state index in [4.69, 9.17) is 4.74 Å². The van der Waals surface area contributed by atoms with Gasteiger partial charge in [0.15, 0.2) is 5.82 Å². The van der Waals surface area contributed by atoms with Crippen LogP contribution >= 0.6 is 0 Å². The summed E-state index contributed by atoms with van der Waals surface area (Å²) in [6, 6.07) is 4.45. The number of rotatable bonds is 4. The molecule has 33 heavy (non-hydrogen) atoms. The molecule has 1 unspecified atom stereocenters. The van der Waals surface area contributed by atoms with Crippen LogP contribution in [0.2, 0.25) is 0 Å². The van der Waals surface area contributed by atoms with E-state index in [2.05, 4.69) is 5.10 Å². The molecule has 2 aliphatic rings. The first-order valence-electron chi connectivity index (χ1n) is 9.88. The van der Waals surface area contributed by atoms with Crippen molar-refractivity contribution in [2.24, 2.45) is 5.10 Å². The van der Waals surface area contributed by atoms with Gasteiger partial charge in [-0.1, -0.05) is 6.07 Å². The zero-order chi connectivity index (χ0) is 24.0. The number of morpholine rings is 1. The van der Waals surface area contributed by atoms with E-state index in [0.29, 0.717) is 37.4 Å². The smallest absolute Gasteiger partial charge is 0.378 e. The highest BCUT2D eigenvalue weighted by Gasteiger charge is 2.63. The molecule has 1 fully saturated rings. The highest BCUT2D eigenvalue weighted by molar-refractivity contribution is 5.95. The number of hydrazone groups is 1.